The van der Waals surface area contributed by atoms with E-state index in [1.165, 1.54) is 5.56 Å². The largest absolute Gasteiger partial charge is 0.439 e. The smallest absolute Gasteiger partial charge is 0.222 e. The Labute approximate surface area is 114 Å². The van der Waals surface area contributed by atoms with Gasteiger partial charge in [-0.15, -0.1) is 0 Å². The molecule has 0 radical (unpaired) electrons. The van der Waals surface area contributed by atoms with Crippen LogP contribution in [0.3, 0.4) is 0 Å². The van der Waals surface area contributed by atoms with Crippen LogP contribution in [0.1, 0.15) is 25.0 Å². The van der Waals surface area contributed by atoms with Crippen molar-refractivity contribution in [2.45, 2.75) is 33.4 Å². The van der Waals surface area contributed by atoms with Crippen molar-refractivity contribution in [3.8, 4) is 11.6 Å². The molecule has 0 amide bonds. The minimum Gasteiger partial charge on any atom is -0.439 e. The number of pyridine rings is 1. The summed E-state index contributed by atoms with van der Waals surface area (Å²) in [5.74, 6) is 1.48. The minimum absolute atomic E-state index is 0.473. The van der Waals surface area contributed by atoms with Crippen LogP contribution in [0.25, 0.3) is 0 Å². The third kappa shape index (κ3) is 4.07. The van der Waals surface area contributed by atoms with Crippen LogP contribution < -0.4 is 10.1 Å². The van der Waals surface area contributed by atoms with Gasteiger partial charge in [0, 0.05) is 24.3 Å². The number of nitrogens with zero attached hydrogens (tertiary/aromatic N) is 1. The van der Waals surface area contributed by atoms with Crippen molar-refractivity contribution < 1.29 is 4.74 Å². The molecule has 0 aliphatic heterocycles. The maximum atomic E-state index is 5.76. The number of aryl methyl sites for hydroxylation is 1. The number of hydrogen-bond donors (Lipinski definition) is 1. The molecule has 0 aliphatic carbocycles. The SMILES string of the molecule is Cc1cc(CNC(C)C)cnc1Oc1ccccc1. The van der Waals surface area contributed by atoms with Gasteiger partial charge in [0.25, 0.3) is 0 Å². The van der Waals surface area contributed by atoms with Crippen LogP contribution in [-0.4, -0.2) is 11.0 Å². The van der Waals surface area contributed by atoms with Crippen molar-refractivity contribution in [1.29, 1.82) is 0 Å². The summed E-state index contributed by atoms with van der Waals surface area (Å²) in [7, 11) is 0. The lowest BCUT2D eigenvalue weighted by Crippen LogP contribution is -2.21. The molecule has 1 aromatic carbocycles. The van der Waals surface area contributed by atoms with E-state index in [1.807, 2.05) is 43.5 Å². The van der Waals surface area contributed by atoms with E-state index in [-0.39, 0.29) is 0 Å². The highest BCUT2D eigenvalue weighted by molar-refractivity contribution is 5.33. The monoisotopic (exact) mass is 256 g/mol. The summed E-state index contributed by atoms with van der Waals surface area (Å²) >= 11 is 0. The molecule has 0 spiro atoms. The van der Waals surface area contributed by atoms with Gasteiger partial charge in [-0.05, 0) is 30.7 Å². The first-order valence-electron chi connectivity index (χ1n) is 6.57. The van der Waals surface area contributed by atoms with Crippen molar-refractivity contribution in [2.24, 2.45) is 0 Å². The van der Waals surface area contributed by atoms with Gasteiger partial charge < -0.3 is 10.1 Å². The molecule has 2 aromatic rings. The van der Waals surface area contributed by atoms with Crippen LogP contribution in [-0.2, 0) is 6.54 Å². The zero-order valence-electron chi connectivity index (χ0n) is 11.7. The Balaban J connectivity index is 2.07. The lowest BCUT2D eigenvalue weighted by molar-refractivity contribution is 0.458. The molecule has 0 fully saturated rings. The number of hydrogen-bond acceptors (Lipinski definition) is 3. The van der Waals surface area contributed by atoms with Gasteiger partial charge in [-0.1, -0.05) is 32.0 Å². The number of benzene rings is 1. The van der Waals surface area contributed by atoms with Crippen LogP contribution in [0.5, 0.6) is 11.6 Å². The van der Waals surface area contributed by atoms with Gasteiger partial charge in [-0.2, -0.15) is 0 Å². The summed E-state index contributed by atoms with van der Waals surface area (Å²) in [6.45, 7) is 7.11. The molecule has 0 saturated carbocycles. The zero-order chi connectivity index (χ0) is 13.7. The first-order chi connectivity index (χ1) is 9.15. The molecule has 3 heteroatoms. The Bertz CT molecular complexity index is 524. The fraction of sp³-hybridized carbons (Fsp3) is 0.312. The van der Waals surface area contributed by atoms with Gasteiger partial charge in [-0.3, -0.25) is 0 Å². The van der Waals surface area contributed by atoms with Gasteiger partial charge in [0.1, 0.15) is 5.75 Å². The van der Waals surface area contributed by atoms with E-state index in [9.17, 15) is 0 Å². The van der Waals surface area contributed by atoms with Gasteiger partial charge in [0.2, 0.25) is 5.88 Å². The second-order valence-corrected chi connectivity index (χ2v) is 4.92. The lowest BCUT2D eigenvalue weighted by atomic mass is 10.2. The first-order valence-corrected chi connectivity index (χ1v) is 6.57. The third-order valence-corrected chi connectivity index (χ3v) is 2.76. The molecule has 19 heavy (non-hydrogen) atoms. The Morgan fingerprint density at radius 1 is 1.21 bits per heavy atom. The Morgan fingerprint density at radius 3 is 2.58 bits per heavy atom. The molecular formula is C16H20N2O. The summed E-state index contributed by atoms with van der Waals surface area (Å²) in [6, 6.07) is 12.3. The number of rotatable bonds is 5. The van der Waals surface area contributed by atoms with E-state index < -0.39 is 0 Å². The van der Waals surface area contributed by atoms with Crippen molar-refractivity contribution in [1.82, 2.24) is 10.3 Å². The fourth-order valence-corrected chi connectivity index (χ4v) is 1.75. The van der Waals surface area contributed by atoms with Crippen LogP contribution in [0.2, 0.25) is 0 Å². The first kappa shape index (κ1) is 13.6. The van der Waals surface area contributed by atoms with Crippen LogP contribution in [0.4, 0.5) is 0 Å². The predicted molar refractivity (Wildman–Crippen MR) is 77.5 cm³/mol. The topological polar surface area (TPSA) is 34.2 Å². The summed E-state index contributed by atoms with van der Waals surface area (Å²) < 4.78 is 5.76. The molecule has 1 aromatic heterocycles. The summed E-state index contributed by atoms with van der Waals surface area (Å²) in [5.41, 5.74) is 2.22. The standard InChI is InChI=1S/C16H20N2O/c1-12(2)17-10-14-9-13(3)16(18-11-14)19-15-7-5-4-6-8-15/h4-9,11-12,17H,10H2,1-3H3. The average Bonchev–Trinajstić information content (AvgIpc) is 2.40. The minimum atomic E-state index is 0.473. The molecule has 0 saturated heterocycles. The van der Waals surface area contributed by atoms with E-state index in [1.54, 1.807) is 0 Å². The van der Waals surface area contributed by atoms with E-state index >= 15 is 0 Å². The highest BCUT2D eigenvalue weighted by Gasteiger charge is 2.04. The quantitative estimate of drug-likeness (QED) is 0.886. The van der Waals surface area contributed by atoms with Gasteiger partial charge in [0.15, 0.2) is 0 Å². The molecule has 0 bridgehead atoms. The third-order valence-electron chi connectivity index (χ3n) is 2.76. The molecule has 0 atom stereocenters. The number of para-hydroxylation sites is 1. The Hall–Kier alpha value is -1.87. The second-order valence-electron chi connectivity index (χ2n) is 4.92. The zero-order valence-corrected chi connectivity index (χ0v) is 11.7. The van der Waals surface area contributed by atoms with Gasteiger partial charge in [-0.25, -0.2) is 4.98 Å². The summed E-state index contributed by atoms with van der Waals surface area (Å²) in [5, 5.41) is 3.38. The van der Waals surface area contributed by atoms with E-state index in [2.05, 4.69) is 30.2 Å². The summed E-state index contributed by atoms with van der Waals surface area (Å²) in [4.78, 5) is 4.39. The summed E-state index contributed by atoms with van der Waals surface area (Å²) in [6.07, 6.45) is 1.86. The molecule has 3 nitrogen and oxygen atoms in total. The van der Waals surface area contributed by atoms with Crippen LogP contribution in [0.15, 0.2) is 42.6 Å². The maximum absolute atomic E-state index is 5.76. The van der Waals surface area contributed by atoms with Crippen LogP contribution >= 0.6 is 0 Å². The maximum Gasteiger partial charge on any atom is 0.222 e. The van der Waals surface area contributed by atoms with Crippen molar-refractivity contribution in [3.05, 3.63) is 53.7 Å². The molecule has 1 heterocycles. The number of aromatic nitrogens is 1. The lowest BCUT2D eigenvalue weighted by Gasteiger charge is -2.11. The molecule has 100 valence electrons. The van der Waals surface area contributed by atoms with Gasteiger partial charge in [0.05, 0.1) is 0 Å². The normalized spacial score (nSPS) is 10.7. The average molecular weight is 256 g/mol. The van der Waals surface area contributed by atoms with Crippen molar-refractivity contribution in [3.63, 3.8) is 0 Å². The van der Waals surface area contributed by atoms with Crippen molar-refractivity contribution in [2.75, 3.05) is 0 Å². The molecule has 0 unspecified atom stereocenters. The highest BCUT2D eigenvalue weighted by atomic mass is 16.5. The van der Waals surface area contributed by atoms with Crippen molar-refractivity contribution >= 4 is 0 Å². The highest BCUT2D eigenvalue weighted by Crippen LogP contribution is 2.22. The van der Waals surface area contributed by atoms with E-state index in [4.69, 9.17) is 4.74 Å². The molecular weight excluding hydrogens is 236 g/mol. The van der Waals surface area contributed by atoms with E-state index in [0.29, 0.717) is 11.9 Å². The number of nitrogens with one attached hydrogen (secondary N) is 1. The van der Waals surface area contributed by atoms with E-state index in [0.717, 1.165) is 17.9 Å². The Kier molecular flexibility index (Phi) is 4.53. The molecule has 2 rings (SSSR count). The Morgan fingerprint density at radius 2 is 1.95 bits per heavy atom. The number of ether oxygens (including phenoxy) is 1. The molecule has 0 aliphatic rings. The fourth-order valence-electron chi connectivity index (χ4n) is 1.75. The molecule has 1 N–H and O–H groups in total. The van der Waals surface area contributed by atoms with Gasteiger partial charge >= 0.3 is 0 Å². The van der Waals surface area contributed by atoms with Crippen LogP contribution in [0, 0.1) is 6.92 Å². The predicted octanol–water partition coefficient (Wildman–Crippen LogP) is 3.68. The second kappa shape index (κ2) is 6.34.